The van der Waals surface area contributed by atoms with Crippen LogP contribution in [-0.4, -0.2) is 10.9 Å². The third-order valence-corrected chi connectivity index (χ3v) is 6.48. The van der Waals surface area contributed by atoms with E-state index in [9.17, 15) is 4.79 Å². The first-order valence-electron chi connectivity index (χ1n) is 9.43. The maximum absolute atomic E-state index is 12.8. The molecule has 1 atom stereocenters. The molecule has 0 aliphatic carbocycles. The normalized spacial score (nSPS) is 11.8. The van der Waals surface area contributed by atoms with E-state index in [0.29, 0.717) is 5.56 Å². The van der Waals surface area contributed by atoms with Gasteiger partial charge in [0.15, 0.2) is 0 Å². The van der Waals surface area contributed by atoms with Crippen molar-refractivity contribution in [2.45, 2.75) is 19.4 Å². The molecule has 0 fully saturated rings. The predicted molar refractivity (Wildman–Crippen MR) is 122 cm³/mol. The fourth-order valence-electron chi connectivity index (χ4n) is 3.09. The minimum absolute atomic E-state index is 0.0984. The molecule has 4 rings (SSSR count). The van der Waals surface area contributed by atoms with Gasteiger partial charge in [-0.2, -0.15) is 11.3 Å². The van der Waals surface area contributed by atoms with Crippen molar-refractivity contribution in [1.29, 1.82) is 0 Å². The summed E-state index contributed by atoms with van der Waals surface area (Å²) in [7, 11) is 0. The molecule has 1 aromatic carbocycles. The zero-order valence-electron chi connectivity index (χ0n) is 16.0. The Bertz CT molecular complexity index is 1060. The zero-order valence-corrected chi connectivity index (χ0v) is 17.6. The molecule has 6 heteroatoms. The van der Waals surface area contributed by atoms with Crippen molar-refractivity contribution in [3.8, 4) is 0 Å². The highest BCUT2D eigenvalue weighted by molar-refractivity contribution is 7.16. The summed E-state index contributed by atoms with van der Waals surface area (Å²) in [5, 5.41) is 11.7. The molecule has 0 unspecified atom stereocenters. The van der Waals surface area contributed by atoms with Crippen molar-refractivity contribution >= 4 is 39.4 Å². The first kappa shape index (κ1) is 19.4. The molecule has 0 aliphatic rings. The third kappa shape index (κ3) is 4.55. The van der Waals surface area contributed by atoms with E-state index in [-0.39, 0.29) is 11.9 Å². The summed E-state index contributed by atoms with van der Waals surface area (Å²) in [4.78, 5) is 18.5. The van der Waals surface area contributed by atoms with Crippen LogP contribution in [0.3, 0.4) is 0 Å². The minimum atomic E-state index is -0.0988. The lowest BCUT2D eigenvalue weighted by atomic mass is 10.0. The summed E-state index contributed by atoms with van der Waals surface area (Å²) in [5.41, 5.74) is 2.85. The maximum Gasteiger partial charge on any atom is 0.256 e. The first-order chi connectivity index (χ1) is 14.2. The van der Waals surface area contributed by atoms with Crippen LogP contribution >= 0.6 is 22.7 Å². The largest absolute Gasteiger partial charge is 0.359 e. The van der Waals surface area contributed by atoms with Crippen molar-refractivity contribution in [2.24, 2.45) is 0 Å². The average molecular weight is 420 g/mol. The average Bonchev–Trinajstić information content (AvgIpc) is 3.44. The molecule has 0 bridgehead atoms. The predicted octanol–water partition coefficient (Wildman–Crippen LogP) is 6.22. The van der Waals surface area contributed by atoms with E-state index in [1.807, 2.05) is 48.5 Å². The topological polar surface area (TPSA) is 54.0 Å². The molecule has 29 heavy (non-hydrogen) atoms. The molecular weight excluding hydrogens is 398 g/mol. The summed E-state index contributed by atoms with van der Waals surface area (Å²) in [6.07, 6.45) is 2.69. The lowest BCUT2D eigenvalue weighted by Crippen LogP contribution is -2.16. The summed E-state index contributed by atoms with van der Waals surface area (Å²) in [5.74, 6) is 0.701. The quantitative estimate of drug-likeness (QED) is 0.374. The monoisotopic (exact) mass is 419 g/mol. The number of carbonyl (C=O) groups excluding carboxylic acids is 1. The van der Waals surface area contributed by atoms with Gasteiger partial charge in [0.1, 0.15) is 10.8 Å². The number of thiophene rings is 2. The number of aryl methyl sites for hydroxylation is 1. The van der Waals surface area contributed by atoms with Crippen molar-refractivity contribution in [3.05, 3.63) is 99.2 Å². The fraction of sp³-hybridized carbons (Fsp3) is 0.130. The number of benzene rings is 1. The highest BCUT2D eigenvalue weighted by atomic mass is 32.1. The van der Waals surface area contributed by atoms with E-state index < -0.39 is 0 Å². The van der Waals surface area contributed by atoms with Gasteiger partial charge in [0.25, 0.3) is 5.91 Å². The van der Waals surface area contributed by atoms with Gasteiger partial charge in [-0.3, -0.25) is 4.79 Å². The Morgan fingerprint density at radius 3 is 2.62 bits per heavy atom. The standard InChI is InChI=1S/C23H21N3OS2/c1-2-18-14-19(23(29-18)26-22(27)16-8-4-3-5-9-16)21(17-11-13-28-15-17)25-20-10-6-7-12-24-20/h3-15,21H,2H2,1H3,(H,24,25)(H,26,27)/t21-/m1/s1. The number of nitrogens with zero attached hydrogens (tertiary/aromatic N) is 1. The second kappa shape index (κ2) is 9.03. The number of nitrogens with one attached hydrogen (secondary N) is 2. The minimum Gasteiger partial charge on any atom is -0.359 e. The lowest BCUT2D eigenvalue weighted by molar-refractivity contribution is 0.102. The van der Waals surface area contributed by atoms with E-state index in [1.54, 1.807) is 28.9 Å². The molecule has 0 aliphatic heterocycles. The van der Waals surface area contributed by atoms with Crippen LogP contribution in [0.25, 0.3) is 0 Å². The number of aromatic nitrogens is 1. The van der Waals surface area contributed by atoms with Gasteiger partial charge in [-0.05, 0) is 59.1 Å². The van der Waals surface area contributed by atoms with Crippen LogP contribution in [0.15, 0.2) is 77.6 Å². The Morgan fingerprint density at radius 1 is 1.10 bits per heavy atom. The fourth-order valence-corrected chi connectivity index (χ4v) is 4.80. The SMILES string of the molecule is CCc1cc([C@H](Nc2ccccn2)c2ccsc2)c(NC(=O)c2ccccc2)s1. The number of hydrogen-bond acceptors (Lipinski definition) is 5. The van der Waals surface area contributed by atoms with Crippen molar-refractivity contribution in [1.82, 2.24) is 4.98 Å². The number of anilines is 2. The van der Waals surface area contributed by atoms with Gasteiger partial charge in [-0.25, -0.2) is 4.98 Å². The highest BCUT2D eigenvalue weighted by Crippen LogP contribution is 2.38. The molecule has 4 nitrogen and oxygen atoms in total. The lowest BCUT2D eigenvalue weighted by Gasteiger charge is -2.20. The van der Waals surface area contributed by atoms with Crippen molar-refractivity contribution < 1.29 is 4.79 Å². The Morgan fingerprint density at radius 2 is 1.93 bits per heavy atom. The van der Waals surface area contributed by atoms with Crippen molar-refractivity contribution in [2.75, 3.05) is 10.6 Å². The molecule has 0 radical (unpaired) electrons. The molecular formula is C23H21N3OS2. The summed E-state index contributed by atoms with van der Waals surface area (Å²) in [6.45, 7) is 2.13. The van der Waals surface area contributed by atoms with Gasteiger partial charge in [-0.15, -0.1) is 11.3 Å². The van der Waals surface area contributed by atoms with E-state index in [0.717, 1.165) is 28.4 Å². The van der Waals surface area contributed by atoms with Gasteiger partial charge < -0.3 is 10.6 Å². The second-order valence-electron chi connectivity index (χ2n) is 6.52. The molecule has 0 saturated carbocycles. The van der Waals surface area contributed by atoms with Gasteiger partial charge >= 0.3 is 0 Å². The third-order valence-electron chi connectivity index (χ3n) is 4.57. The second-order valence-corrected chi connectivity index (χ2v) is 8.44. The Labute approximate surface area is 178 Å². The van der Waals surface area contributed by atoms with Gasteiger partial charge in [0.2, 0.25) is 0 Å². The molecule has 3 aromatic heterocycles. The van der Waals surface area contributed by atoms with E-state index in [4.69, 9.17) is 0 Å². The van der Waals surface area contributed by atoms with Gasteiger partial charge in [-0.1, -0.05) is 31.2 Å². The Balaban J connectivity index is 1.70. The maximum atomic E-state index is 12.8. The molecule has 146 valence electrons. The smallest absolute Gasteiger partial charge is 0.256 e. The molecule has 0 spiro atoms. The van der Waals surface area contributed by atoms with Crippen molar-refractivity contribution in [3.63, 3.8) is 0 Å². The number of pyridine rings is 1. The summed E-state index contributed by atoms with van der Waals surface area (Å²) < 4.78 is 0. The Hall–Kier alpha value is -2.96. The van der Waals surface area contributed by atoms with E-state index >= 15 is 0 Å². The number of carbonyl (C=O) groups is 1. The van der Waals surface area contributed by atoms with Crippen LogP contribution in [0.1, 0.15) is 39.3 Å². The number of hydrogen-bond donors (Lipinski definition) is 2. The van der Waals surface area contributed by atoms with Crippen LogP contribution < -0.4 is 10.6 Å². The van der Waals surface area contributed by atoms with Gasteiger partial charge in [0, 0.05) is 22.2 Å². The van der Waals surface area contributed by atoms with Crippen LogP contribution in [0.5, 0.6) is 0 Å². The summed E-state index contributed by atoms with van der Waals surface area (Å²) >= 11 is 3.29. The Kier molecular flexibility index (Phi) is 6.03. The molecule has 1 amide bonds. The number of rotatable bonds is 7. The molecule has 0 saturated heterocycles. The number of amides is 1. The first-order valence-corrected chi connectivity index (χ1v) is 11.2. The summed E-state index contributed by atoms with van der Waals surface area (Å²) in [6, 6.07) is 19.3. The zero-order chi connectivity index (χ0) is 20.1. The molecule has 2 N–H and O–H groups in total. The van der Waals surface area contributed by atoms with Gasteiger partial charge in [0.05, 0.1) is 6.04 Å². The molecule has 4 aromatic rings. The van der Waals surface area contributed by atoms with E-state index in [1.165, 1.54) is 4.88 Å². The van der Waals surface area contributed by atoms with Crippen LogP contribution in [0.2, 0.25) is 0 Å². The molecule has 3 heterocycles. The van der Waals surface area contributed by atoms with Crippen LogP contribution in [0, 0.1) is 0 Å². The van der Waals surface area contributed by atoms with Crippen LogP contribution in [-0.2, 0) is 6.42 Å². The highest BCUT2D eigenvalue weighted by Gasteiger charge is 2.23. The van der Waals surface area contributed by atoms with Crippen LogP contribution in [0.4, 0.5) is 10.8 Å². The van der Waals surface area contributed by atoms with E-state index in [2.05, 4.69) is 45.4 Å².